The number of aliphatic carboxylic acids is 1. The monoisotopic (exact) mass is 240 g/mol. The lowest BCUT2D eigenvalue weighted by atomic mass is 9.85. The van der Waals surface area contributed by atoms with Gasteiger partial charge in [0.05, 0.1) is 0 Å². The van der Waals surface area contributed by atoms with Crippen molar-refractivity contribution in [3.63, 3.8) is 0 Å². The third-order valence-electron chi connectivity index (χ3n) is 4.51. The van der Waals surface area contributed by atoms with Crippen molar-refractivity contribution in [2.24, 2.45) is 5.92 Å². The Bertz CT molecular complexity index is 295. The van der Waals surface area contributed by atoms with Gasteiger partial charge in [-0.2, -0.15) is 0 Å². The lowest BCUT2D eigenvalue weighted by Gasteiger charge is -2.38. The van der Waals surface area contributed by atoms with Crippen LogP contribution in [-0.2, 0) is 4.79 Å². The molecule has 2 aliphatic heterocycles. The number of rotatable bonds is 3. The van der Waals surface area contributed by atoms with Gasteiger partial charge in [0.25, 0.3) is 0 Å². The molecule has 0 aromatic carbocycles. The summed E-state index contributed by atoms with van der Waals surface area (Å²) in [5.74, 6) is -0.213. The predicted octanol–water partition coefficient (Wildman–Crippen LogP) is 1.31. The highest BCUT2D eigenvalue weighted by Gasteiger charge is 2.44. The van der Waals surface area contributed by atoms with Crippen molar-refractivity contribution in [3.8, 4) is 0 Å². The number of hydrogen-bond donors (Lipinski definition) is 2. The molecule has 0 aromatic rings. The van der Waals surface area contributed by atoms with E-state index in [2.05, 4.69) is 17.1 Å². The smallest absolute Gasteiger partial charge is 0.323 e. The minimum absolute atomic E-state index is 0.497. The molecule has 2 N–H and O–H groups in total. The molecule has 2 aliphatic rings. The summed E-state index contributed by atoms with van der Waals surface area (Å²) in [5.41, 5.74) is -0.707. The van der Waals surface area contributed by atoms with E-state index < -0.39 is 11.5 Å². The first-order chi connectivity index (χ1) is 8.07. The fourth-order valence-electron chi connectivity index (χ4n) is 3.40. The molecule has 0 radical (unpaired) electrons. The van der Waals surface area contributed by atoms with Gasteiger partial charge in [-0.1, -0.05) is 13.3 Å². The van der Waals surface area contributed by atoms with Gasteiger partial charge < -0.3 is 15.3 Å². The van der Waals surface area contributed by atoms with Crippen LogP contribution in [0.15, 0.2) is 0 Å². The highest BCUT2D eigenvalue weighted by atomic mass is 16.4. The molecule has 0 bridgehead atoms. The molecular weight excluding hydrogens is 216 g/mol. The zero-order chi connectivity index (χ0) is 12.5. The van der Waals surface area contributed by atoms with Crippen LogP contribution < -0.4 is 5.32 Å². The second-order valence-electron chi connectivity index (χ2n) is 5.67. The summed E-state index contributed by atoms with van der Waals surface area (Å²) >= 11 is 0. The van der Waals surface area contributed by atoms with E-state index in [1.54, 1.807) is 0 Å². The number of carboxylic acid groups (broad SMARTS) is 1. The van der Waals surface area contributed by atoms with Crippen LogP contribution in [0, 0.1) is 5.92 Å². The normalized spacial score (nSPS) is 39.4. The quantitative estimate of drug-likeness (QED) is 0.781. The summed E-state index contributed by atoms with van der Waals surface area (Å²) in [5, 5.41) is 12.4. The van der Waals surface area contributed by atoms with Gasteiger partial charge in [-0.05, 0) is 45.2 Å². The zero-order valence-electron chi connectivity index (χ0n) is 10.9. The Morgan fingerprint density at radius 2 is 2.29 bits per heavy atom. The van der Waals surface area contributed by atoms with Crippen molar-refractivity contribution in [2.45, 2.75) is 51.1 Å². The summed E-state index contributed by atoms with van der Waals surface area (Å²) in [6.07, 6.45) is 4.58. The molecule has 0 aliphatic carbocycles. The molecule has 0 saturated carbocycles. The summed E-state index contributed by atoms with van der Waals surface area (Å²) in [7, 11) is 0. The SMILES string of the molecule is CCN1CCCCC1C1CNC(C)(C(=O)O)C1. The molecule has 98 valence electrons. The van der Waals surface area contributed by atoms with Crippen molar-refractivity contribution in [1.29, 1.82) is 0 Å². The molecule has 4 heteroatoms. The topological polar surface area (TPSA) is 52.6 Å². The van der Waals surface area contributed by atoms with E-state index in [0.29, 0.717) is 12.0 Å². The Balaban J connectivity index is 2.01. The van der Waals surface area contributed by atoms with Crippen LogP contribution in [0.25, 0.3) is 0 Å². The average molecular weight is 240 g/mol. The zero-order valence-corrected chi connectivity index (χ0v) is 10.9. The van der Waals surface area contributed by atoms with Gasteiger partial charge in [-0.3, -0.25) is 4.79 Å². The van der Waals surface area contributed by atoms with Crippen molar-refractivity contribution in [3.05, 3.63) is 0 Å². The largest absolute Gasteiger partial charge is 0.480 e. The second kappa shape index (κ2) is 4.94. The third kappa shape index (κ3) is 2.47. The lowest BCUT2D eigenvalue weighted by Crippen LogP contribution is -2.45. The van der Waals surface area contributed by atoms with Gasteiger partial charge in [-0.25, -0.2) is 0 Å². The first-order valence-electron chi connectivity index (χ1n) is 6.79. The Labute approximate surface area is 103 Å². The van der Waals surface area contributed by atoms with Gasteiger partial charge in [0.1, 0.15) is 5.54 Å². The lowest BCUT2D eigenvalue weighted by molar-refractivity contribution is -0.143. The third-order valence-corrected chi connectivity index (χ3v) is 4.51. The van der Waals surface area contributed by atoms with E-state index in [4.69, 9.17) is 0 Å². The summed E-state index contributed by atoms with van der Waals surface area (Å²) in [4.78, 5) is 13.8. The van der Waals surface area contributed by atoms with Crippen LogP contribution in [0.4, 0.5) is 0 Å². The first-order valence-corrected chi connectivity index (χ1v) is 6.79. The fourth-order valence-corrected chi connectivity index (χ4v) is 3.40. The molecule has 2 fully saturated rings. The maximum atomic E-state index is 11.2. The van der Waals surface area contributed by atoms with E-state index in [1.807, 2.05) is 6.92 Å². The molecule has 17 heavy (non-hydrogen) atoms. The van der Waals surface area contributed by atoms with Crippen LogP contribution in [0.2, 0.25) is 0 Å². The highest BCUT2D eigenvalue weighted by molar-refractivity contribution is 5.78. The van der Waals surface area contributed by atoms with Crippen LogP contribution >= 0.6 is 0 Å². The standard InChI is InChI=1S/C13H24N2O2/c1-3-15-7-5-4-6-11(15)10-8-13(2,12(16)17)14-9-10/h10-11,14H,3-9H2,1-2H3,(H,16,17). The number of hydrogen-bond acceptors (Lipinski definition) is 3. The second-order valence-corrected chi connectivity index (χ2v) is 5.67. The number of piperidine rings is 1. The van der Waals surface area contributed by atoms with E-state index in [0.717, 1.165) is 19.5 Å². The molecule has 0 amide bonds. The number of likely N-dealkylation sites (tertiary alicyclic amines) is 1. The molecule has 0 spiro atoms. The van der Waals surface area contributed by atoms with Gasteiger partial charge in [0.15, 0.2) is 0 Å². The van der Waals surface area contributed by atoms with Gasteiger partial charge >= 0.3 is 5.97 Å². The van der Waals surface area contributed by atoms with E-state index >= 15 is 0 Å². The molecule has 3 atom stereocenters. The maximum Gasteiger partial charge on any atom is 0.323 e. The van der Waals surface area contributed by atoms with Crippen molar-refractivity contribution >= 4 is 5.97 Å². The average Bonchev–Trinajstić information content (AvgIpc) is 2.73. The van der Waals surface area contributed by atoms with Crippen LogP contribution in [0.3, 0.4) is 0 Å². The van der Waals surface area contributed by atoms with Crippen LogP contribution in [0.5, 0.6) is 0 Å². The van der Waals surface area contributed by atoms with Crippen LogP contribution in [0.1, 0.15) is 39.5 Å². The molecule has 2 rings (SSSR count). The number of nitrogens with one attached hydrogen (secondary N) is 1. The fraction of sp³-hybridized carbons (Fsp3) is 0.923. The molecule has 0 aromatic heterocycles. The van der Waals surface area contributed by atoms with Gasteiger partial charge in [0.2, 0.25) is 0 Å². The van der Waals surface area contributed by atoms with Crippen molar-refractivity contribution in [2.75, 3.05) is 19.6 Å². The first kappa shape index (κ1) is 12.8. The Morgan fingerprint density at radius 1 is 1.53 bits per heavy atom. The molecule has 3 unspecified atom stereocenters. The molecule has 4 nitrogen and oxygen atoms in total. The minimum Gasteiger partial charge on any atom is -0.480 e. The summed E-state index contributed by atoms with van der Waals surface area (Å²) in [6, 6.07) is 0.586. The highest BCUT2D eigenvalue weighted by Crippen LogP contribution is 2.33. The van der Waals surface area contributed by atoms with E-state index in [-0.39, 0.29) is 0 Å². The van der Waals surface area contributed by atoms with E-state index in [1.165, 1.54) is 25.8 Å². The van der Waals surface area contributed by atoms with Gasteiger partial charge in [-0.15, -0.1) is 0 Å². The van der Waals surface area contributed by atoms with E-state index in [9.17, 15) is 9.90 Å². The van der Waals surface area contributed by atoms with Crippen LogP contribution in [-0.4, -0.2) is 47.2 Å². The number of nitrogens with zero attached hydrogens (tertiary/aromatic N) is 1. The molecular formula is C13H24N2O2. The van der Waals surface area contributed by atoms with Crippen molar-refractivity contribution < 1.29 is 9.90 Å². The summed E-state index contributed by atoms with van der Waals surface area (Å²) in [6.45, 7) is 7.14. The van der Waals surface area contributed by atoms with Crippen molar-refractivity contribution in [1.82, 2.24) is 10.2 Å². The maximum absolute atomic E-state index is 11.2. The number of carbonyl (C=O) groups is 1. The predicted molar refractivity (Wildman–Crippen MR) is 67.0 cm³/mol. The summed E-state index contributed by atoms with van der Waals surface area (Å²) < 4.78 is 0. The Hall–Kier alpha value is -0.610. The Morgan fingerprint density at radius 3 is 2.88 bits per heavy atom. The Kier molecular flexibility index (Phi) is 3.73. The number of carboxylic acids is 1. The van der Waals surface area contributed by atoms with Gasteiger partial charge in [0, 0.05) is 12.6 Å². The molecule has 2 heterocycles. The minimum atomic E-state index is -0.709. The molecule has 2 saturated heterocycles.